The van der Waals surface area contributed by atoms with Crippen molar-refractivity contribution in [2.24, 2.45) is 0 Å². The van der Waals surface area contributed by atoms with Crippen LogP contribution in [0, 0.1) is 13.8 Å². The molecular formula is C29H35F6N3O2. The van der Waals surface area contributed by atoms with Crippen molar-refractivity contribution in [2.75, 3.05) is 59.0 Å². The van der Waals surface area contributed by atoms with E-state index in [9.17, 15) is 31.1 Å². The molecule has 0 spiro atoms. The average molecular weight is 572 g/mol. The smallest absolute Gasteiger partial charge is 0.379 e. The molecule has 5 nitrogen and oxygen atoms in total. The van der Waals surface area contributed by atoms with Crippen LogP contribution in [-0.4, -0.2) is 85.7 Å². The lowest BCUT2D eigenvalue weighted by atomic mass is 9.97. The summed E-state index contributed by atoms with van der Waals surface area (Å²) >= 11 is 0. The van der Waals surface area contributed by atoms with Crippen molar-refractivity contribution in [1.82, 2.24) is 14.7 Å². The third-order valence-electron chi connectivity index (χ3n) is 7.76. The topological polar surface area (TPSA) is 36.0 Å². The normalized spacial score (nSPS) is 19.7. The molecule has 11 heteroatoms. The number of ether oxygens (including phenoxy) is 1. The summed E-state index contributed by atoms with van der Waals surface area (Å²) in [6.45, 7) is 10.0. The number of benzene rings is 2. The number of carbonyl (C=O) groups excluding carboxylic acids is 1. The summed E-state index contributed by atoms with van der Waals surface area (Å²) < 4.78 is 86.2. The van der Waals surface area contributed by atoms with E-state index in [1.54, 1.807) is 0 Å². The second-order valence-electron chi connectivity index (χ2n) is 10.7. The lowest BCUT2D eigenvalue weighted by Crippen LogP contribution is -2.56. The summed E-state index contributed by atoms with van der Waals surface area (Å²) in [7, 11) is 0. The molecule has 1 atom stereocenters. The molecule has 2 fully saturated rings. The summed E-state index contributed by atoms with van der Waals surface area (Å²) in [5.74, 6) is -0.821. The summed E-state index contributed by atoms with van der Waals surface area (Å²) in [6, 6.07) is 6.64. The predicted molar refractivity (Wildman–Crippen MR) is 139 cm³/mol. The van der Waals surface area contributed by atoms with E-state index in [1.165, 1.54) is 4.90 Å². The van der Waals surface area contributed by atoms with Crippen LogP contribution in [0.2, 0.25) is 0 Å². The molecular weight excluding hydrogens is 536 g/mol. The van der Waals surface area contributed by atoms with E-state index >= 15 is 0 Å². The number of hydrogen-bond donors (Lipinski definition) is 0. The summed E-state index contributed by atoms with van der Waals surface area (Å²) in [6.07, 6.45) is -8.69. The van der Waals surface area contributed by atoms with Crippen LogP contribution in [0.5, 0.6) is 0 Å². The minimum Gasteiger partial charge on any atom is -0.379 e. The van der Waals surface area contributed by atoms with E-state index in [0.29, 0.717) is 44.9 Å². The van der Waals surface area contributed by atoms with Crippen LogP contribution in [0.4, 0.5) is 26.3 Å². The first-order valence-corrected chi connectivity index (χ1v) is 13.5. The van der Waals surface area contributed by atoms with Gasteiger partial charge in [-0.2, -0.15) is 26.3 Å². The molecule has 0 radical (unpaired) electrons. The second-order valence-corrected chi connectivity index (χ2v) is 10.7. The van der Waals surface area contributed by atoms with E-state index in [2.05, 4.69) is 9.80 Å². The maximum absolute atomic E-state index is 13.6. The first kappa shape index (κ1) is 30.3. The van der Waals surface area contributed by atoms with Crippen LogP contribution in [0.3, 0.4) is 0 Å². The molecule has 0 saturated carbocycles. The predicted octanol–water partition coefficient (Wildman–Crippen LogP) is 5.43. The van der Waals surface area contributed by atoms with Gasteiger partial charge in [0, 0.05) is 44.3 Å². The Labute approximate surface area is 230 Å². The molecule has 2 saturated heterocycles. The van der Waals surface area contributed by atoms with Crippen molar-refractivity contribution in [2.45, 2.75) is 45.1 Å². The average Bonchev–Trinajstić information content (AvgIpc) is 2.90. The molecule has 0 N–H and O–H groups in total. The molecule has 220 valence electrons. The molecule has 2 aromatic carbocycles. The van der Waals surface area contributed by atoms with Crippen molar-refractivity contribution in [3.05, 3.63) is 69.8 Å². The number of halogens is 6. The molecule has 4 rings (SSSR count). The molecule has 0 aromatic heterocycles. The number of carbonyl (C=O) groups is 1. The maximum atomic E-state index is 13.6. The van der Waals surface area contributed by atoms with Gasteiger partial charge in [0.05, 0.1) is 24.3 Å². The van der Waals surface area contributed by atoms with Crippen molar-refractivity contribution in [1.29, 1.82) is 0 Å². The lowest BCUT2D eigenvalue weighted by Gasteiger charge is -2.42. The van der Waals surface area contributed by atoms with Gasteiger partial charge in [-0.05, 0) is 74.7 Å². The van der Waals surface area contributed by atoms with E-state index in [1.807, 2.05) is 32.0 Å². The third kappa shape index (κ3) is 7.76. The Morgan fingerprint density at radius 2 is 1.45 bits per heavy atom. The quantitative estimate of drug-likeness (QED) is 0.416. The molecule has 2 aromatic rings. The van der Waals surface area contributed by atoms with Gasteiger partial charge in [-0.3, -0.25) is 14.6 Å². The highest BCUT2D eigenvalue weighted by atomic mass is 19.4. The van der Waals surface area contributed by atoms with Gasteiger partial charge in [-0.15, -0.1) is 0 Å². The SMILES string of the molecule is Cc1ccc(C[C@@H]2CN(CCCN3CCOCC3)CCN2C(=O)c2cc(C(F)(F)F)cc(C(F)(F)F)c2)cc1C. The monoisotopic (exact) mass is 571 g/mol. The van der Waals surface area contributed by atoms with E-state index in [-0.39, 0.29) is 12.6 Å². The van der Waals surface area contributed by atoms with Gasteiger partial charge in [0.15, 0.2) is 0 Å². The number of alkyl halides is 6. The number of piperazine rings is 1. The van der Waals surface area contributed by atoms with Gasteiger partial charge in [0.25, 0.3) is 5.91 Å². The van der Waals surface area contributed by atoms with Crippen molar-refractivity contribution in [3.8, 4) is 0 Å². The van der Waals surface area contributed by atoms with Crippen molar-refractivity contribution < 1.29 is 35.9 Å². The van der Waals surface area contributed by atoms with Gasteiger partial charge in [-0.1, -0.05) is 18.2 Å². The van der Waals surface area contributed by atoms with Crippen LogP contribution >= 0.6 is 0 Å². The zero-order valence-corrected chi connectivity index (χ0v) is 22.7. The summed E-state index contributed by atoms with van der Waals surface area (Å²) in [5, 5.41) is 0. The first-order valence-electron chi connectivity index (χ1n) is 13.5. The minimum absolute atomic E-state index is 0.0513. The van der Waals surface area contributed by atoms with Crippen molar-refractivity contribution >= 4 is 5.91 Å². The Morgan fingerprint density at radius 1 is 0.825 bits per heavy atom. The standard InChI is InChI=1S/C29H35F6N3O2/c1-20-4-5-22(14-21(20)2)15-26-19-37(7-3-6-36-10-12-40-13-11-36)8-9-38(26)27(39)23-16-24(28(30,31)32)18-25(17-23)29(33,34)35/h4-5,14,16-18,26H,3,6-13,15,19H2,1-2H3/t26-/m1/s1. The third-order valence-corrected chi connectivity index (χ3v) is 7.76. The fourth-order valence-electron chi connectivity index (χ4n) is 5.35. The van der Waals surface area contributed by atoms with Gasteiger partial charge < -0.3 is 9.64 Å². The molecule has 1 amide bonds. The number of morpholine rings is 1. The van der Waals surface area contributed by atoms with Crippen molar-refractivity contribution in [3.63, 3.8) is 0 Å². The Bertz CT molecular complexity index is 1150. The minimum atomic E-state index is -5.02. The summed E-state index contributed by atoms with van der Waals surface area (Å²) in [4.78, 5) is 19.6. The number of aryl methyl sites for hydroxylation is 2. The Morgan fingerprint density at radius 3 is 2.05 bits per heavy atom. The second kappa shape index (κ2) is 12.5. The Hall–Kier alpha value is -2.63. The van der Waals surface area contributed by atoms with E-state index in [4.69, 9.17) is 4.74 Å². The highest BCUT2D eigenvalue weighted by molar-refractivity contribution is 5.95. The van der Waals surface area contributed by atoms with Gasteiger partial charge in [0.1, 0.15) is 0 Å². The van der Waals surface area contributed by atoms with Gasteiger partial charge in [-0.25, -0.2) is 0 Å². The molecule has 0 aliphatic carbocycles. The van der Waals surface area contributed by atoms with Crippen LogP contribution in [-0.2, 0) is 23.5 Å². The van der Waals surface area contributed by atoms with Crippen LogP contribution in [0.25, 0.3) is 0 Å². The lowest BCUT2D eigenvalue weighted by molar-refractivity contribution is -0.143. The Balaban J connectivity index is 1.56. The number of rotatable bonds is 7. The van der Waals surface area contributed by atoms with Gasteiger partial charge >= 0.3 is 12.4 Å². The highest BCUT2D eigenvalue weighted by Gasteiger charge is 2.39. The molecule has 40 heavy (non-hydrogen) atoms. The first-order chi connectivity index (χ1) is 18.8. The van der Waals surface area contributed by atoms with Crippen LogP contribution in [0.1, 0.15) is 44.6 Å². The van der Waals surface area contributed by atoms with Crippen LogP contribution in [0.15, 0.2) is 36.4 Å². The molecule has 2 heterocycles. The molecule has 2 aliphatic heterocycles. The van der Waals surface area contributed by atoms with Crippen LogP contribution < -0.4 is 0 Å². The van der Waals surface area contributed by atoms with Gasteiger partial charge in [0.2, 0.25) is 0 Å². The number of hydrogen-bond acceptors (Lipinski definition) is 4. The number of amides is 1. The molecule has 2 aliphatic rings. The summed E-state index contributed by atoms with van der Waals surface area (Å²) in [5.41, 5.74) is -0.444. The fraction of sp³-hybridized carbons (Fsp3) is 0.552. The number of nitrogens with zero attached hydrogens (tertiary/aromatic N) is 3. The zero-order valence-electron chi connectivity index (χ0n) is 22.7. The zero-order chi connectivity index (χ0) is 29.1. The maximum Gasteiger partial charge on any atom is 0.416 e. The largest absolute Gasteiger partial charge is 0.416 e. The van der Waals surface area contributed by atoms with E-state index in [0.717, 1.165) is 49.3 Å². The highest BCUT2D eigenvalue weighted by Crippen LogP contribution is 2.37. The molecule has 0 bridgehead atoms. The Kier molecular flexibility index (Phi) is 9.47. The fourth-order valence-corrected chi connectivity index (χ4v) is 5.35. The molecule has 0 unspecified atom stereocenters. The van der Waals surface area contributed by atoms with E-state index < -0.39 is 41.0 Å².